The average molecular weight is 358 g/mol. The van der Waals surface area contributed by atoms with Crippen LogP contribution in [0.5, 0.6) is 0 Å². The van der Waals surface area contributed by atoms with Crippen molar-refractivity contribution in [3.63, 3.8) is 0 Å². The number of aliphatic imine (C=N–C) groups is 1. The normalized spacial score (nSPS) is 9.89. The zero-order valence-corrected chi connectivity index (χ0v) is 12.3. The molecule has 18 heavy (non-hydrogen) atoms. The van der Waals surface area contributed by atoms with Crippen LogP contribution in [-0.4, -0.2) is 25.5 Å². The fourth-order valence-electron chi connectivity index (χ4n) is 1.14. The van der Waals surface area contributed by atoms with Crippen molar-refractivity contribution in [3.8, 4) is 12.3 Å². The summed E-state index contributed by atoms with van der Waals surface area (Å²) in [5.74, 6) is 2.50. The molecule has 5 nitrogen and oxygen atoms in total. The number of rotatable bonds is 3. The van der Waals surface area contributed by atoms with Crippen LogP contribution in [0.1, 0.15) is 5.56 Å². The first-order valence-electron chi connectivity index (χ1n) is 4.98. The molecule has 0 bridgehead atoms. The van der Waals surface area contributed by atoms with Crippen LogP contribution < -0.4 is 16.4 Å². The number of anilines is 1. The first kappa shape index (κ1) is 16.2. The van der Waals surface area contributed by atoms with Gasteiger partial charge in [-0.25, -0.2) is 0 Å². The molecular formula is C12H15IN4O. The summed E-state index contributed by atoms with van der Waals surface area (Å²) in [6.45, 7) is 0.0590. The monoisotopic (exact) mass is 358 g/mol. The minimum absolute atomic E-state index is 0. The van der Waals surface area contributed by atoms with E-state index in [1.165, 1.54) is 7.05 Å². The molecule has 1 aromatic rings. The third-order valence-corrected chi connectivity index (χ3v) is 1.98. The van der Waals surface area contributed by atoms with E-state index in [4.69, 9.17) is 12.2 Å². The molecule has 1 amide bonds. The van der Waals surface area contributed by atoms with Gasteiger partial charge in [-0.1, -0.05) is 12.0 Å². The number of hydrogen-bond acceptors (Lipinski definition) is 2. The Labute approximate surface area is 123 Å². The Morgan fingerprint density at radius 3 is 2.89 bits per heavy atom. The summed E-state index contributed by atoms with van der Waals surface area (Å²) in [4.78, 5) is 15.2. The van der Waals surface area contributed by atoms with Crippen molar-refractivity contribution in [2.75, 3.05) is 18.9 Å². The van der Waals surface area contributed by atoms with Gasteiger partial charge in [-0.3, -0.25) is 9.79 Å². The molecule has 6 heteroatoms. The minimum atomic E-state index is -0.217. The topological polar surface area (TPSA) is 79.5 Å². The lowest BCUT2D eigenvalue weighted by atomic mass is 10.2. The van der Waals surface area contributed by atoms with Crippen LogP contribution in [-0.2, 0) is 4.79 Å². The molecule has 0 aliphatic carbocycles. The van der Waals surface area contributed by atoms with Crippen LogP contribution in [0.25, 0.3) is 0 Å². The number of nitrogens with one attached hydrogen (secondary N) is 2. The van der Waals surface area contributed by atoms with Gasteiger partial charge >= 0.3 is 0 Å². The predicted molar refractivity (Wildman–Crippen MR) is 84.0 cm³/mol. The van der Waals surface area contributed by atoms with Crippen molar-refractivity contribution >= 4 is 41.5 Å². The SMILES string of the molecule is C#Cc1cccc(NC(=O)CNC(N)=NC)c1.I. The van der Waals surface area contributed by atoms with E-state index in [-0.39, 0.29) is 42.4 Å². The van der Waals surface area contributed by atoms with E-state index in [1.54, 1.807) is 24.3 Å². The van der Waals surface area contributed by atoms with Crippen LogP contribution in [0.2, 0.25) is 0 Å². The maximum atomic E-state index is 11.5. The second-order valence-corrected chi connectivity index (χ2v) is 3.24. The molecule has 0 saturated carbocycles. The van der Waals surface area contributed by atoms with Crippen molar-refractivity contribution in [2.45, 2.75) is 0 Å². The van der Waals surface area contributed by atoms with E-state index in [0.29, 0.717) is 11.3 Å². The summed E-state index contributed by atoms with van der Waals surface area (Å²) < 4.78 is 0. The molecular weight excluding hydrogens is 343 g/mol. The Kier molecular flexibility index (Phi) is 7.54. The molecule has 96 valence electrons. The number of carbonyl (C=O) groups is 1. The Morgan fingerprint density at radius 2 is 2.28 bits per heavy atom. The number of benzene rings is 1. The number of guanidine groups is 1. The van der Waals surface area contributed by atoms with Crippen molar-refractivity contribution in [3.05, 3.63) is 29.8 Å². The Hall–Kier alpha value is -1.75. The summed E-state index contributed by atoms with van der Waals surface area (Å²) in [7, 11) is 1.54. The standard InChI is InChI=1S/C12H14N4O.HI/c1-3-9-5-4-6-10(7-9)16-11(17)8-15-12(13)14-2;/h1,4-7H,8H2,2H3,(H,16,17)(H3,13,14,15);1H. The third-order valence-electron chi connectivity index (χ3n) is 1.98. The van der Waals surface area contributed by atoms with Crippen LogP contribution in [0.3, 0.4) is 0 Å². The Bertz CT molecular complexity index is 479. The van der Waals surface area contributed by atoms with Crippen LogP contribution in [0.4, 0.5) is 5.69 Å². The highest BCUT2D eigenvalue weighted by atomic mass is 127. The van der Waals surface area contributed by atoms with E-state index >= 15 is 0 Å². The maximum absolute atomic E-state index is 11.5. The van der Waals surface area contributed by atoms with E-state index in [2.05, 4.69) is 21.5 Å². The lowest BCUT2D eigenvalue weighted by Gasteiger charge is -2.07. The highest BCUT2D eigenvalue weighted by Crippen LogP contribution is 2.09. The van der Waals surface area contributed by atoms with Gasteiger partial charge in [0, 0.05) is 18.3 Å². The van der Waals surface area contributed by atoms with Crippen LogP contribution in [0, 0.1) is 12.3 Å². The lowest BCUT2D eigenvalue weighted by Crippen LogP contribution is -2.37. The predicted octanol–water partition coefficient (Wildman–Crippen LogP) is 0.759. The van der Waals surface area contributed by atoms with Gasteiger partial charge in [0.25, 0.3) is 0 Å². The van der Waals surface area contributed by atoms with E-state index < -0.39 is 0 Å². The summed E-state index contributed by atoms with van der Waals surface area (Å²) >= 11 is 0. The zero-order valence-electron chi connectivity index (χ0n) is 9.93. The molecule has 1 aromatic carbocycles. The molecule has 0 unspecified atom stereocenters. The maximum Gasteiger partial charge on any atom is 0.243 e. The number of halogens is 1. The van der Waals surface area contributed by atoms with Crippen LogP contribution in [0.15, 0.2) is 29.3 Å². The Balaban J connectivity index is 0.00000289. The quantitative estimate of drug-likeness (QED) is 0.323. The first-order valence-corrected chi connectivity index (χ1v) is 4.98. The second-order valence-electron chi connectivity index (χ2n) is 3.24. The van der Waals surface area contributed by atoms with Crippen molar-refractivity contribution in [1.29, 1.82) is 0 Å². The molecule has 0 aliphatic rings. The molecule has 0 fully saturated rings. The summed E-state index contributed by atoms with van der Waals surface area (Å²) in [5.41, 5.74) is 6.76. The first-order chi connectivity index (χ1) is 8.15. The third kappa shape index (κ3) is 5.54. The summed E-state index contributed by atoms with van der Waals surface area (Å²) in [6, 6.07) is 7.04. The van der Waals surface area contributed by atoms with Gasteiger partial charge in [-0.05, 0) is 18.2 Å². The zero-order chi connectivity index (χ0) is 12.7. The number of terminal acetylenes is 1. The summed E-state index contributed by atoms with van der Waals surface area (Å²) in [6.07, 6.45) is 5.26. The molecule has 0 atom stereocenters. The highest BCUT2D eigenvalue weighted by Gasteiger charge is 2.02. The number of hydrogen-bond donors (Lipinski definition) is 3. The summed E-state index contributed by atoms with van der Waals surface area (Å²) in [5, 5.41) is 5.34. The van der Waals surface area contributed by atoms with Gasteiger partial charge in [-0.15, -0.1) is 30.4 Å². The number of nitrogens with zero attached hydrogens (tertiary/aromatic N) is 1. The van der Waals surface area contributed by atoms with Crippen molar-refractivity contribution in [1.82, 2.24) is 5.32 Å². The molecule has 0 aromatic heterocycles. The van der Waals surface area contributed by atoms with E-state index in [9.17, 15) is 4.79 Å². The number of amides is 1. The molecule has 4 N–H and O–H groups in total. The van der Waals surface area contributed by atoms with Gasteiger partial charge in [0.1, 0.15) is 0 Å². The highest BCUT2D eigenvalue weighted by molar-refractivity contribution is 14.0. The van der Waals surface area contributed by atoms with Crippen molar-refractivity contribution in [2.24, 2.45) is 10.7 Å². The van der Waals surface area contributed by atoms with Gasteiger partial charge in [0.15, 0.2) is 5.96 Å². The van der Waals surface area contributed by atoms with Crippen molar-refractivity contribution < 1.29 is 4.79 Å². The smallest absolute Gasteiger partial charge is 0.243 e. The molecule has 0 aliphatic heterocycles. The van der Waals surface area contributed by atoms with E-state index in [1.807, 2.05) is 0 Å². The average Bonchev–Trinajstić information content (AvgIpc) is 2.36. The molecule has 0 spiro atoms. The lowest BCUT2D eigenvalue weighted by molar-refractivity contribution is -0.115. The molecule has 0 saturated heterocycles. The minimum Gasteiger partial charge on any atom is -0.370 e. The fourth-order valence-corrected chi connectivity index (χ4v) is 1.14. The number of nitrogens with two attached hydrogens (primary N) is 1. The van der Waals surface area contributed by atoms with E-state index in [0.717, 1.165) is 0 Å². The van der Waals surface area contributed by atoms with Gasteiger partial charge in [0.05, 0.1) is 6.54 Å². The molecule has 1 rings (SSSR count). The molecule has 0 heterocycles. The van der Waals surface area contributed by atoms with Crippen LogP contribution >= 0.6 is 24.0 Å². The Morgan fingerprint density at radius 1 is 1.56 bits per heavy atom. The second kappa shape index (κ2) is 8.36. The van der Waals surface area contributed by atoms with Gasteiger partial charge in [-0.2, -0.15) is 0 Å². The number of carbonyl (C=O) groups excluding carboxylic acids is 1. The van der Waals surface area contributed by atoms with Gasteiger partial charge in [0.2, 0.25) is 5.91 Å². The molecule has 0 radical (unpaired) electrons. The fraction of sp³-hybridized carbons (Fsp3) is 0.167. The largest absolute Gasteiger partial charge is 0.370 e. The van der Waals surface area contributed by atoms with Gasteiger partial charge < -0.3 is 16.4 Å².